The number of nitrogens with one attached hydrogen (secondary N) is 1. The third-order valence-corrected chi connectivity index (χ3v) is 4.12. The van der Waals surface area contributed by atoms with Crippen LogP contribution in [0.3, 0.4) is 0 Å². The molecule has 126 valence electrons. The molecule has 0 unspecified atom stereocenters. The number of benzene rings is 2. The summed E-state index contributed by atoms with van der Waals surface area (Å²) in [5, 5.41) is 18.0. The van der Waals surface area contributed by atoms with Crippen molar-refractivity contribution >= 4 is 23.7 Å². The summed E-state index contributed by atoms with van der Waals surface area (Å²) in [6.45, 7) is 0.221. The molecule has 9 heteroatoms. The first kappa shape index (κ1) is 16.7. The van der Waals surface area contributed by atoms with Crippen molar-refractivity contribution in [3.05, 3.63) is 70.0 Å². The Morgan fingerprint density at radius 1 is 1.24 bits per heavy atom. The van der Waals surface area contributed by atoms with Crippen molar-refractivity contribution in [2.45, 2.75) is 16.7 Å². The van der Waals surface area contributed by atoms with Gasteiger partial charge in [-0.1, -0.05) is 18.2 Å². The van der Waals surface area contributed by atoms with Crippen LogP contribution in [0, 0.1) is 10.1 Å². The van der Waals surface area contributed by atoms with Gasteiger partial charge in [0.25, 0.3) is 5.69 Å². The molecular weight excluding hydrogens is 344 g/mol. The maximum atomic E-state index is 11.2. The van der Waals surface area contributed by atoms with E-state index in [1.54, 1.807) is 0 Å². The van der Waals surface area contributed by atoms with Gasteiger partial charge >= 0.3 is 0 Å². The molecule has 0 fully saturated rings. The highest BCUT2D eigenvalue weighted by atomic mass is 32.2. The van der Waals surface area contributed by atoms with E-state index < -0.39 is 4.92 Å². The Kier molecular flexibility index (Phi) is 5.05. The summed E-state index contributed by atoms with van der Waals surface area (Å²) in [5.41, 5.74) is 0.0736. The molecule has 0 radical (unpaired) electrons. The zero-order valence-electron chi connectivity index (χ0n) is 12.8. The molecule has 0 amide bonds. The number of para-hydroxylation sites is 1. The lowest BCUT2D eigenvalue weighted by atomic mass is 10.2. The average Bonchev–Trinajstić information content (AvgIpc) is 3.08. The van der Waals surface area contributed by atoms with Crippen LogP contribution in [-0.4, -0.2) is 26.4 Å². The van der Waals surface area contributed by atoms with Gasteiger partial charge < -0.3 is 4.74 Å². The number of rotatable bonds is 7. The van der Waals surface area contributed by atoms with Crippen molar-refractivity contribution in [3.8, 4) is 5.75 Å². The lowest BCUT2D eigenvalue weighted by molar-refractivity contribution is -0.384. The minimum atomic E-state index is -0.548. The van der Waals surface area contributed by atoms with Gasteiger partial charge in [-0.3, -0.25) is 20.0 Å². The van der Waals surface area contributed by atoms with Gasteiger partial charge in [-0.25, -0.2) is 4.98 Å². The molecule has 0 saturated carbocycles. The van der Waals surface area contributed by atoms with Crippen molar-refractivity contribution in [3.63, 3.8) is 0 Å². The van der Waals surface area contributed by atoms with Crippen LogP contribution in [0.5, 0.6) is 5.75 Å². The normalized spacial score (nSPS) is 10.4. The second kappa shape index (κ2) is 7.58. The summed E-state index contributed by atoms with van der Waals surface area (Å²) in [6.07, 6.45) is 0.571. The van der Waals surface area contributed by atoms with Gasteiger partial charge in [0.15, 0.2) is 12.1 Å². The lowest BCUT2D eigenvalue weighted by Crippen LogP contribution is -1.97. The summed E-state index contributed by atoms with van der Waals surface area (Å²) in [6, 6.07) is 13.4. The van der Waals surface area contributed by atoms with Gasteiger partial charge in [0.05, 0.1) is 4.92 Å². The molecule has 3 aromatic rings. The SMILES string of the molecule is O=Cc1cc([N+](=O)[O-])ccc1Sc1n[nH]c(COc2ccccc2)n1. The van der Waals surface area contributed by atoms with Crippen LogP contribution in [0.2, 0.25) is 0 Å². The van der Waals surface area contributed by atoms with Crippen LogP contribution in [0.1, 0.15) is 16.2 Å². The molecule has 0 atom stereocenters. The number of hydrogen-bond donors (Lipinski definition) is 1. The minimum Gasteiger partial charge on any atom is -0.486 e. The van der Waals surface area contributed by atoms with E-state index in [-0.39, 0.29) is 17.9 Å². The Bertz CT molecular complexity index is 898. The van der Waals surface area contributed by atoms with Gasteiger partial charge in [-0.05, 0) is 30.0 Å². The number of ether oxygens (including phenoxy) is 1. The Hall–Kier alpha value is -3.20. The molecule has 3 rings (SSSR count). The highest BCUT2D eigenvalue weighted by molar-refractivity contribution is 7.99. The van der Waals surface area contributed by atoms with Crippen LogP contribution in [-0.2, 0) is 6.61 Å². The Morgan fingerprint density at radius 2 is 2.04 bits per heavy atom. The molecule has 0 aliphatic carbocycles. The number of aromatic amines is 1. The molecule has 8 nitrogen and oxygen atoms in total. The number of H-pyrrole nitrogens is 1. The number of nitro benzene ring substituents is 1. The predicted molar refractivity (Wildman–Crippen MR) is 89.8 cm³/mol. The number of hydrogen-bond acceptors (Lipinski definition) is 7. The maximum absolute atomic E-state index is 11.2. The Balaban J connectivity index is 1.69. The van der Waals surface area contributed by atoms with Gasteiger partial charge in [0.2, 0.25) is 5.16 Å². The fourth-order valence-corrected chi connectivity index (χ4v) is 2.79. The lowest BCUT2D eigenvalue weighted by Gasteiger charge is -2.02. The van der Waals surface area contributed by atoms with E-state index in [0.29, 0.717) is 27.9 Å². The summed E-state index contributed by atoms with van der Waals surface area (Å²) >= 11 is 1.14. The zero-order chi connectivity index (χ0) is 17.6. The topological polar surface area (TPSA) is 111 Å². The van der Waals surface area contributed by atoms with E-state index in [4.69, 9.17) is 4.74 Å². The van der Waals surface area contributed by atoms with E-state index in [1.165, 1.54) is 18.2 Å². The minimum absolute atomic E-state index is 0.140. The van der Waals surface area contributed by atoms with E-state index >= 15 is 0 Å². The maximum Gasteiger partial charge on any atom is 0.270 e. The fraction of sp³-hybridized carbons (Fsp3) is 0.0625. The van der Waals surface area contributed by atoms with E-state index in [9.17, 15) is 14.9 Å². The smallest absolute Gasteiger partial charge is 0.270 e. The first-order chi connectivity index (χ1) is 12.2. The van der Waals surface area contributed by atoms with Crippen LogP contribution in [0.25, 0.3) is 0 Å². The molecular formula is C16H12N4O4S. The van der Waals surface area contributed by atoms with Crippen molar-refractivity contribution in [2.24, 2.45) is 0 Å². The Labute approximate surface area is 146 Å². The molecule has 0 saturated heterocycles. The monoisotopic (exact) mass is 356 g/mol. The highest BCUT2D eigenvalue weighted by Gasteiger charge is 2.13. The quantitative estimate of drug-likeness (QED) is 0.393. The predicted octanol–water partition coefficient (Wildman–Crippen LogP) is 3.26. The van der Waals surface area contributed by atoms with Gasteiger partial charge in [0, 0.05) is 22.6 Å². The molecule has 0 aliphatic heterocycles. The summed E-state index contributed by atoms with van der Waals surface area (Å²) in [5.74, 6) is 1.24. The average molecular weight is 356 g/mol. The second-order valence-corrected chi connectivity index (χ2v) is 5.87. The zero-order valence-corrected chi connectivity index (χ0v) is 13.6. The molecule has 1 heterocycles. The van der Waals surface area contributed by atoms with E-state index in [0.717, 1.165) is 11.8 Å². The standard InChI is InChI=1S/C16H12N4O4S/c21-9-11-8-12(20(22)23)6-7-14(11)25-16-17-15(18-19-16)10-24-13-4-2-1-3-5-13/h1-9H,10H2,(H,17,18,19). The second-order valence-electron chi connectivity index (χ2n) is 4.87. The number of carbonyl (C=O) groups is 1. The van der Waals surface area contributed by atoms with E-state index in [2.05, 4.69) is 15.2 Å². The largest absolute Gasteiger partial charge is 0.486 e. The molecule has 1 N–H and O–H groups in total. The molecule has 0 spiro atoms. The van der Waals surface area contributed by atoms with Crippen LogP contribution in [0.4, 0.5) is 5.69 Å². The third kappa shape index (κ3) is 4.21. The molecule has 25 heavy (non-hydrogen) atoms. The van der Waals surface area contributed by atoms with Crippen molar-refractivity contribution < 1.29 is 14.5 Å². The van der Waals surface area contributed by atoms with E-state index in [1.807, 2.05) is 30.3 Å². The summed E-state index contributed by atoms with van der Waals surface area (Å²) in [7, 11) is 0. The van der Waals surface area contributed by atoms with Crippen molar-refractivity contribution in [1.82, 2.24) is 15.2 Å². The molecule has 0 bridgehead atoms. The van der Waals surface area contributed by atoms with Crippen LogP contribution < -0.4 is 4.74 Å². The summed E-state index contributed by atoms with van der Waals surface area (Å²) < 4.78 is 5.57. The van der Waals surface area contributed by atoms with Crippen LogP contribution in [0.15, 0.2) is 58.6 Å². The Morgan fingerprint density at radius 3 is 2.76 bits per heavy atom. The summed E-state index contributed by atoms with van der Waals surface area (Å²) in [4.78, 5) is 26.2. The molecule has 1 aromatic heterocycles. The molecule has 2 aromatic carbocycles. The van der Waals surface area contributed by atoms with Gasteiger partial charge in [-0.2, -0.15) is 0 Å². The first-order valence-electron chi connectivity index (χ1n) is 7.16. The van der Waals surface area contributed by atoms with Crippen LogP contribution >= 0.6 is 11.8 Å². The van der Waals surface area contributed by atoms with Crippen molar-refractivity contribution in [2.75, 3.05) is 0 Å². The van der Waals surface area contributed by atoms with Crippen molar-refractivity contribution in [1.29, 1.82) is 0 Å². The first-order valence-corrected chi connectivity index (χ1v) is 7.98. The van der Waals surface area contributed by atoms with Gasteiger partial charge in [0.1, 0.15) is 12.4 Å². The number of nitrogens with zero attached hydrogens (tertiary/aromatic N) is 3. The fourth-order valence-electron chi connectivity index (χ4n) is 1.99. The number of non-ortho nitro benzene ring substituents is 1. The molecule has 0 aliphatic rings. The number of aldehydes is 1. The number of aromatic nitrogens is 3. The number of nitro groups is 1. The number of carbonyl (C=O) groups excluding carboxylic acids is 1. The highest BCUT2D eigenvalue weighted by Crippen LogP contribution is 2.29. The third-order valence-electron chi connectivity index (χ3n) is 3.16. The van der Waals surface area contributed by atoms with Gasteiger partial charge in [-0.15, -0.1) is 5.10 Å².